The average molecular weight is 589 g/mol. The molecule has 0 aliphatic rings. The first kappa shape index (κ1) is 28.6. The van der Waals surface area contributed by atoms with Crippen LogP contribution in [0.2, 0.25) is 0 Å². The van der Waals surface area contributed by atoms with Gasteiger partial charge in [-0.25, -0.2) is 0 Å². The van der Waals surface area contributed by atoms with Crippen molar-refractivity contribution in [1.82, 2.24) is 0 Å². The Morgan fingerprint density at radius 1 is 0.500 bits per heavy atom. The molecule has 0 fully saturated rings. The zero-order valence-corrected chi connectivity index (χ0v) is 25.4. The molecule has 0 unspecified atom stereocenters. The van der Waals surface area contributed by atoms with Crippen molar-refractivity contribution in [2.45, 2.75) is 0 Å². The molecule has 7 aromatic rings. The number of hydrogen-bond donors (Lipinski definition) is 2. The minimum Gasteiger partial charge on any atom is -0.300 e. The monoisotopic (exact) mass is 588 g/mol. The van der Waals surface area contributed by atoms with E-state index in [-0.39, 0.29) is 5.71 Å². The van der Waals surface area contributed by atoms with Gasteiger partial charge in [0.15, 0.2) is 0 Å². The fourth-order valence-corrected chi connectivity index (χ4v) is 6.30. The van der Waals surface area contributed by atoms with Crippen molar-refractivity contribution in [3.63, 3.8) is 0 Å². The van der Waals surface area contributed by atoms with Crippen LogP contribution in [-0.4, -0.2) is 11.4 Å². The SMILES string of the molecule is C=C/C=C\C(=N)C(=C)/C=C\C(=N)c1ccc2c(-c3ccc4ccccc4c3)c3ccccc3c(-c3ccc4ccccc4c3)c2c1. The lowest BCUT2D eigenvalue weighted by molar-refractivity contribution is 1.49. The highest BCUT2D eigenvalue weighted by atomic mass is 14.4. The van der Waals surface area contributed by atoms with Crippen LogP contribution in [0.15, 0.2) is 177 Å². The standard InChI is InChI=1S/C44H32N2/c1-3-4-17-41(45)29(2)18-25-42(46)34-23-24-39-40(28-34)44(36-22-20-31-12-6-8-14-33(31)27-36)38-16-10-9-15-37(38)43(39)35-21-19-30-11-5-7-13-32(30)26-35/h3-28,45-46H,1-2H2/b17-4-,25-18-,45-41?,46-42?. The van der Waals surface area contributed by atoms with E-state index in [1.165, 1.54) is 37.9 Å². The lowest BCUT2D eigenvalue weighted by Crippen LogP contribution is -1.98. The van der Waals surface area contributed by atoms with Crippen LogP contribution in [0.25, 0.3) is 65.3 Å². The number of fused-ring (bicyclic) bond motifs is 4. The summed E-state index contributed by atoms with van der Waals surface area (Å²) in [6.45, 7) is 7.68. The van der Waals surface area contributed by atoms with E-state index in [1.807, 2.05) is 6.07 Å². The van der Waals surface area contributed by atoms with Crippen LogP contribution in [0.5, 0.6) is 0 Å². The van der Waals surface area contributed by atoms with E-state index >= 15 is 0 Å². The maximum Gasteiger partial charge on any atom is 0.0612 e. The molecule has 0 saturated carbocycles. The van der Waals surface area contributed by atoms with Gasteiger partial charge in [-0.15, -0.1) is 0 Å². The first-order chi connectivity index (χ1) is 22.5. The van der Waals surface area contributed by atoms with Crippen molar-refractivity contribution in [2.75, 3.05) is 0 Å². The van der Waals surface area contributed by atoms with Crippen molar-refractivity contribution in [3.8, 4) is 22.3 Å². The Labute approximate surface area is 269 Å². The largest absolute Gasteiger partial charge is 0.300 e. The smallest absolute Gasteiger partial charge is 0.0612 e. The summed E-state index contributed by atoms with van der Waals surface area (Å²) in [5.74, 6) is 0. The minimum atomic E-state index is 0.285. The molecular formula is C44H32N2. The molecule has 7 rings (SSSR count). The third-order valence-electron chi connectivity index (χ3n) is 8.61. The lowest BCUT2D eigenvalue weighted by atomic mass is 9.84. The molecule has 0 aliphatic heterocycles. The zero-order valence-electron chi connectivity index (χ0n) is 25.4. The second-order valence-electron chi connectivity index (χ2n) is 11.5. The second-order valence-corrected chi connectivity index (χ2v) is 11.5. The van der Waals surface area contributed by atoms with Gasteiger partial charge in [-0.3, -0.25) is 0 Å². The Bertz CT molecular complexity index is 2440. The van der Waals surface area contributed by atoms with E-state index in [0.29, 0.717) is 11.3 Å². The van der Waals surface area contributed by atoms with Crippen LogP contribution in [-0.2, 0) is 0 Å². The summed E-state index contributed by atoms with van der Waals surface area (Å²) in [5.41, 5.74) is 6.61. The summed E-state index contributed by atoms with van der Waals surface area (Å²) in [7, 11) is 0. The Balaban J connectivity index is 1.48. The predicted molar refractivity (Wildman–Crippen MR) is 200 cm³/mol. The topological polar surface area (TPSA) is 47.7 Å². The normalized spacial score (nSPS) is 11.7. The summed E-state index contributed by atoms with van der Waals surface area (Å²) >= 11 is 0. The summed E-state index contributed by atoms with van der Waals surface area (Å²) in [5, 5.41) is 26.6. The number of nitrogens with one attached hydrogen (secondary N) is 2. The third-order valence-corrected chi connectivity index (χ3v) is 8.61. The Morgan fingerprint density at radius 2 is 1.02 bits per heavy atom. The van der Waals surface area contributed by atoms with Gasteiger partial charge in [0.25, 0.3) is 0 Å². The van der Waals surface area contributed by atoms with Crippen molar-refractivity contribution in [2.24, 2.45) is 0 Å². The number of allylic oxidation sites excluding steroid dienone is 6. The van der Waals surface area contributed by atoms with Gasteiger partial charge in [-0.2, -0.15) is 0 Å². The molecule has 0 aromatic heterocycles. The Kier molecular flexibility index (Phi) is 7.54. The maximum atomic E-state index is 9.00. The van der Waals surface area contributed by atoms with Gasteiger partial charge >= 0.3 is 0 Å². The number of benzene rings is 7. The molecule has 0 atom stereocenters. The van der Waals surface area contributed by atoms with Gasteiger partial charge in [0, 0.05) is 5.56 Å². The molecule has 0 saturated heterocycles. The molecule has 7 aromatic carbocycles. The van der Waals surface area contributed by atoms with Gasteiger partial charge in [0.05, 0.1) is 11.4 Å². The van der Waals surface area contributed by atoms with Gasteiger partial charge in [-0.1, -0.05) is 141 Å². The maximum absolute atomic E-state index is 9.00. The summed E-state index contributed by atoms with van der Waals surface area (Å²) < 4.78 is 0. The van der Waals surface area contributed by atoms with E-state index < -0.39 is 0 Å². The van der Waals surface area contributed by atoms with Crippen molar-refractivity contribution in [3.05, 3.63) is 182 Å². The molecule has 2 heteroatoms. The molecule has 46 heavy (non-hydrogen) atoms. The zero-order chi connectivity index (χ0) is 31.6. The van der Waals surface area contributed by atoms with E-state index in [0.717, 1.165) is 33.0 Å². The van der Waals surface area contributed by atoms with Crippen LogP contribution in [0.4, 0.5) is 0 Å². The first-order valence-electron chi connectivity index (χ1n) is 15.3. The van der Waals surface area contributed by atoms with Crippen molar-refractivity contribution >= 4 is 54.5 Å². The van der Waals surface area contributed by atoms with Crippen LogP contribution >= 0.6 is 0 Å². The van der Waals surface area contributed by atoms with Gasteiger partial charge < -0.3 is 10.8 Å². The molecule has 2 N–H and O–H groups in total. The number of hydrogen-bond acceptors (Lipinski definition) is 2. The predicted octanol–water partition coefficient (Wildman–Crippen LogP) is 11.9. The molecule has 0 spiro atoms. The molecule has 0 aliphatic carbocycles. The Hall–Kier alpha value is -6.12. The molecule has 0 bridgehead atoms. The molecule has 0 radical (unpaired) electrons. The van der Waals surface area contributed by atoms with E-state index in [9.17, 15) is 0 Å². The van der Waals surface area contributed by atoms with Gasteiger partial charge in [0.2, 0.25) is 0 Å². The minimum absolute atomic E-state index is 0.285. The highest BCUT2D eigenvalue weighted by Gasteiger charge is 2.18. The van der Waals surface area contributed by atoms with Crippen LogP contribution in [0, 0.1) is 10.8 Å². The van der Waals surface area contributed by atoms with Gasteiger partial charge in [-0.05, 0) is 101 Å². The quantitative estimate of drug-likeness (QED) is 0.101. The molecular weight excluding hydrogens is 556 g/mol. The fourth-order valence-electron chi connectivity index (χ4n) is 6.30. The molecule has 218 valence electrons. The highest BCUT2D eigenvalue weighted by Crippen LogP contribution is 2.45. The summed E-state index contributed by atoms with van der Waals surface area (Å²) in [6, 6.07) is 45.3. The van der Waals surface area contributed by atoms with Crippen LogP contribution in [0.3, 0.4) is 0 Å². The Morgan fingerprint density at radius 3 is 1.61 bits per heavy atom. The second kappa shape index (κ2) is 12.1. The molecule has 0 amide bonds. The third kappa shape index (κ3) is 5.27. The van der Waals surface area contributed by atoms with Crippen LogP contribution < -0.4 is 0 Å². The van der Waals surface area contributed by atoms with Crippen LogP contribution in [0.1, 0.15) is 5.56 Å². The van der Waals surface area contributed by atoms with Crippen molar-refractivity contribution in [1.29, 1.82) is 10.8 Å². The summed E-state index contributed by atoms with van der Waals surface area (Å²) in [6.07, 6.45) is 8.44. The lowest BCUT2D eigenvalue weighted by Gasteiger charge is -2.19. The number of rotatable bonds is 8. The molecule has 0 heterocycles. The first-order valence-corrected chi connectivity index (χ1v) is 15.3. The molecule has 2 nitrogen and oxygen atoms in total. The fraction of sp³-hybridized carbons (Fsp3) is 0. The average Bonchev–Trinajstić information content (AvgIpc) is 3.10. The van der Waals surface area contributed by atoms with Gasteiger partial charge in [0.1, 0.15) is 0 Å². The van der Waals surface area contributed by atoms with E-state index in [1.54, 1.807) is 30.4 Å². The summed E-state index contributed by atoms with van der Waals surface area (Å²) in [4.78, 5) is 0. The van der Waals surface area contributed by atoms with Crippen molar-refractivity contribution < 1.29 is 0 Å². The van der Waals surface area contributed by atoms with E-state index in [2.05, 4.69) is 134 Å². The highest BCUT2D eigenvalue weighted by molar-refractivity contribution is 6.23. The van der Waals surface area contributed by atoms with E-state index in [4.69, 9.17) is 10.8 Å².